The van der Waals surface area contributed by atoms with E-state index in [0.29, 0.717) is 6.04 Å². The molecule has 1 N–H and O–H groups in total. The maximum absolute atomic E-state index is 5.26. The van der Waals surface area contributed by atoms with Crippen LogP contribution in [-0.4, -0.2) is 32.3 Å². The van der Waals surface area contributed by atoms with Gasteiger partial charge in [0.25, 0.3) is 0 Å². The Labute approximate surface area is 131 Å². The molecule has 0 fully saturated rings. The minimum Gasteiger partial charge on any atom is -0.383 e. The van der Waals surface area contributed by atoms with Crippen LogP contribution in [0.25, 0.3) is 0 Å². The molecular weight excluding hydrogens is 316 g/mol. The molecule has 1 aromatic carbocycles. The van der Waals surface area contributed by atoms with Crippen molar-refractivity contribution in [2.45, 2.75) is 45.8 Å². The maximum atomic E-state index is 5.26. The Morgan fingerprint density at radius 2 is 2.00 bits per heavy atom. The minimum atomic E-state index is 0.112. The zero-order valence-electron chi connectivity index (χ0n) is 13.5. The Morgan fingerprint density at radius 3 is 2.55 bits per heavy atom. The zero-order chi connectivity index (χ0) is 15.3. The van der Waals surface area contributed by atoms with Crippen LogP contribution in [0.3, 0.4) is 0 Å². The highest BCUT2D eigenvalue weighted by atomic mass is 79.9. The lowest BCUT2D eigenvalue weighted by atomic mass is 10.1. The van der Waals surface area contributed by atoms with Crippen LogP contribution in [0.15, 0.2) is 22.7 Å². The van der Waals surface area contributed by atoms with E-state index in [1.807, 2.05) is 0 Å². The highest BCUT2D eigenvalue weighted by molar-refractivity contribution is 9.10. The van der Waals surface area contributed by atoms with Crippen LogP contribution in [-0.2, 0) is 11.3 Å². The predicted molar refractivity (Wildman–Crippen MR) is 90.5 cm³/mol. The van der Waals surface area contributed by atoms with E-state index in [4.69, 9.17) is 4.74 Å². The number of hydrogen-bond donors (Lipinski definition) is 1. The van der Waals surface area contributed by atoms with Crippen molar-refractivity contribution in [1.82, 2.24) is 5.32 Å². The summed E-state index contributed by atoms with van der Waals surface area (Å²) in [4.78, 5) is 2.27. The average molecular weight is 343 g/mol. The second-order valence-corrected chi connectivity index (χ2v) is 7.21. The number of methoxy groups -OCH3 is 1. The number of rotatable bonds is 6. The second kappa shape index (κ2) is 7.43. The Kier molecular flexibility index (Phi) is 6.49. The second-order valence-electron chi connectivity index (χ2n) is 6.29. The van der Waals surface area contributed by atoms with Gasteiger partial charge in [-0.15, -0.1) is 0 Å². The number of nitrogens with one attached hydrogen (secondary N) is 1. The van der Waals surface area contributed by atoms with E-state index in [0.717, 1.165) is 17.6 Å². The first kappa shape index (κ1) is 17.5. The molecule has 4 heteroatoms. The molecule has 0 saturated carbocycles. The molecule has 0 amide bonds. The van der Waals surface area contributed by atoms with Gasteiger partial charge in [-0.1, -0.05) is 22.0 Å². The lowest BCUT2D eigenvalue weighted by molar-refractivity contribution is 0.183. The average Bonchev–Trinajstić information content (AvgIpc) is 2.35. The van der Waals surface area contributed by atoms with Crippen LogP contribution >= 0.6 is 15.9 Å². The van der Waals surface area contributed by atoms with E-state index in [1.165, 1.54) is 11.3 Å². The first-order valence-corrected chi connectivity index (χ1v) is 7.79. The lowest BCUT2D eigenvalue weighted by Gasteiger charge is -2.30. The van der Waals surface area contributed by atoms with Gasteiger partial charge in [-0.3, -0.25) is 0 Å². The van der Waals surface area contributed by atoms with E-state index in [9.17, 15) is 0 Å². The molecular formula is C16H27BrN2O. The molecule has 1 rings (SSSR count). The molecule has 0 bridgehead atoms. The van der Waals surface area contributed by atoms with Crippen molar-refractivity contribution >= 4 is 21.6 Å². The van der Waals surface area contributed by atoms with Crippen molar-refractivity contribution in [1.29, 1.82) is 0 Å². The standard InChI is InChI=1S/C16H27BrN2O/c1-12(11-20-6)19(5)15-9-14(17)8-7-13(15)10-18-16(2,3)4/h7-9,12,18H,10-11H2,1-6H3. The molecule has 0 aliphatic heterocycles. The molecule has 1 atom stereocenters. The number of nitrogens with zero attached hydrogens (tertiary/aromatic N) is 1. The number of benzene rings is 1. The summed E-state index contributed by atoms with van der Waals surface area (Å²) in [5, 5.41) is 3.55. The quantitative estimate of drug-likeness (QED) is 0.850. The summed E-state index contributed by atoms with van der Waals surface area (Å²) in [5.74, 6) is 0. The van der Waals surface area contributed by atoms with E-state index < -0.39 is 0 Å². The molecule has 0 aliphatic rings. The summed E-state index contributed by atoms with van der Waals surface area (Å²) < 4.78 is 6.36. The summed E-state index contributed by atoms with van der Waals surface area (Å²) in [6, 6.07) is 6.78. The molecule has 20 heavy (non-hydrogen) atoms. The molecule has 0 radical (unpaired) electrons. The fraction of sp³-hybridized carbons (Fsp3) is 0.625. The minimum absolute atomic E-state index is 0.112. The highest BCUT2D eigenvalue weighted by Gasteiger charge is 2.16. The highest BCUT2D eigenvalue weighted by Crippen LogP contribution is 2.26. The van der Waals surface area contributed by atoms with Crippen molar-refractivity contribution in [2.75, 3.05) is 25.7 Å². The van der Waals surface area contributed by atoms with Gasteiger partial charge in [0.15, 0.2) is 0 Å². The van der Waals surface area contributed by atoms with Crippen molar-refractivity contribution < 1.29 is 4.74 Å². The Morgan fingerprint density at radius 1 is 1.35 bits per heavy atom. The molecule has 3 nitrogen and oxygen atoms in total. The molecule has 114 valence electrons. The molecule has 0 aromatic heterocycles. The van der Waals surface area contributed by atoms with Gasteiger partial charge in [0.2, 0.25) is 0 Å². The predicted octanol–water partition coefficient (Wildman–Crippen LogP) is 3.81. The zero-order valence-corrected chi connectivity index (χ0v) is 15.0. The first-order valence-electron chi connectivity index (χ1n) is 7.00. The summed E-state index contributed by atoms with van der Waals surface area (Å²) in [6.45, 7) is 10.3. The number of ether oxygens (including phenoxy) is 1. The van der Waals surface area contributed by atoms with Crippen LogP contribution in [0, 0.1) is 0 Å². The molecule has 0 heterocycles. The third-order valence-electron chi connectivity index (χ3n) is 3.31. The third kappa shape index (κ3) is 5.43. The summed E-state index contributed by atoms with van der Waals surface area (Å²) in [5.41, 5.74) is 2.65. The molecule has 0 aliphatic carbocycles. The first-order chi connectivity index (χ1) is 9.24. The van der Waals surface area contributed by atoms with Crippen LogP contribution < -0.4 is 10.2 Å². The van der Waals surface area contributed by atoms with Crippen molar-refractivity contribution in [3.63, 3.8) is 0 Å². The monoisotopic (exact) mass is 342 g/mol. The summed E-state index contributed by atoms with van der Waals surface area (Å²) in [7, 11) is 3.86. The fourth-order valence-corrected chi connectivity index (χ4v) is 2.31. The fourth-order valence-electron chi connectivity index (χ4n) is 1.97. The van der Waals surface area contributed by atoms with Crippen LogP contribution in [0.5, 0.6) is 0 Å². The number of anilines is 1. The van der Waals surface area contributed by atoms with Crippen molar-refractivity contribution in [3.05, 3.63) is 28.2 Å². The molecule has 1 unspecified atom stereocenters. The Hall–Kier alpha value is -0.580. The smallest absolute Gasteiger partial charge is 0.0663 e. The maximum Gasteiger partial charge on any atom is 0.0663 e. The van der Waals surface area contributed by atoms with Gasteiger partial charge in [-0.2, -0.15) is 0 Å². The van der Waals surface area contributed by atoms with Gasteiger partial charge in [0.1, 0.15) is 0 Å². The largest absolute Gasteiger partial charge is 0.383 e. The summed E-state index contributed by atoms with van der Waals surface area (Å²) >= 11 is 3.56. The van der Waals surface area contributed by atoms with Crippen LogP contribution in [0.2, 0.25) is 0 Å². The van der Waals surface area contributed by atoms with Crippen LogP contribution in [0.1, 0.15) is 33.3 Å². The molecule has 1 aromatic rings. The van der Waals surface area contributed by atoms with Gasteiger partial charge in [-0.05, 0) is 45.4 Å². The van der Waals surface area contributed by atoms with Gasteiger partial charge in [-0.25, -0.2) is 0 Å². The third-order valence-corrected chi connectivity index (χ3v) is 3.80. The normalized spacial score (nSPS) is 13.3. The van der Waals surface area contributed by atoms with E-state index in [1.54, 1.807) is 7.11 Å². The van der Waals surface area contributed by atoms with Gasteiger partial charge in [0, 0.05) is 42.4 Å². The summed E-state index contributed by atoms with van der Waals surface area (Å²) in [6.07, 6.45) is 0. The number of halogens is 1. The number of hydrogen-bond acceptors (Lipinski definition) is 3. The Bertz CT molecular complexity index is 429. The van der Waals surface area contributed by atoms with E-state index in [2.05, 4.69) is 79.1 Å². The SMILES string of the molecule is COCC(C)N(C)c1cc(Br)ccc1CNC(C)(C)C. The van der Waals surface area contributed by atoms with Crippen molar-refractivity contribution in [2.24, 2.45) is 0 Å². The van der Waals surface area contributed by atoms with Gasteiger partial charge >= 0.3 is 0 Å². The van der Waals surface area contributed by atoms with E-state index in [-0.39, 0.29) is 5.54 Å². The molecule has 0 spiro atoms. The lowest BCUT2D eigenvalue weighted by Crippen LogP contribution is -2.37. The topological polar surface area (TPSA) is 24.5 Å². The van der Waals surface area contributed by atoms with Gasteiger partial charge < -0.3 is 15.0 Å². The number of likely N-dealkylation sites (N-methyl/N-ethyl adjacent to an activating group) is 1. The van der Waals surface area contributed by atoms with E-state index >= 15 is 0 Å². The van der Waals surface area contributed by atoms with Gasteiger partial charge in [0.05, 0.1) is 6.61 Å². The van der Waals surface area contributed by atoms with Crippen molar-refractivity contribution in [3.8, 4) is 0 Å². The Balaban J connectivity index is 2.95. The molecule has 0 saturated heterocycles. The van der Waals surface area contributed by atoms with Crippen LogP contribution in [0.4, 0.5) is 5.69 Å².